The monoisotopic (exact) mass is 375 g/mol. The minimum absolute atomic E-state index is 0.0618. The van der Waals surface area contributed by atoms with Crippen molar-refractivity contribution in [2.24, 2.45) is 0 Å². The Hall–Kier alpha value is -2.99. The molecule has 5 nitrogen and oxygen atoms in total. The van der Waals surface area contributed by atoms with E-state index in [0.717, 1.165) is 27.8 Å². The highest BCUT2D eigenvalue weighted by Crippen LogP contribution is 2.44. The second-order valence-corrected chi connectivity index (χ2v) is 6.87. The van der Waals surface area contributed by atoms with Crippen LogP contribution in [0.5, 0.6) is 0 Å². The van der Waals surface area contributed by atoms with E-state index in [-0.39, 0.29) is 18.9 Å². The zero-order valence-corrected chi connectivity index (χ0v) is 15.2. The molecule has 0 saturated heterocycles. The molecule has 4 rings (SSSR count). The van der Waals surface area contributed by atoms with Gasteiger partial charge in [-0.3, -0.25) is 14.8 Å². The molecule has 142 valence electrons. The lowest BCUT2D eigenvalue weighted by atomic mass is 9.98. The molecule has 3 aromatic rings. The molecule has 5 heteroatoms. The van der Waals surface area contributed by atoms with Crippen LogP contribution in [0.4, 0.5) is 0 Å². The van der Waals surface area contributed by atoms with Crippen LogP contribution in [0, 0.1) is 0 Å². The number of hydroxylamine groups is 2. The van der Waals surface area contributed by atoms with Gasteiger partial charge in [-0.05, 0) is 27.8 Å². The Morgan fingerprint density at radius 3 is 2.00 bits per heavy atom. The topological polar surface area (TPSA) is 70.0 Å². The van der Waals surface area contributed by atoms with E-state index in [9.17, 15) is 15.1 Å². The SMILES string of the molecule is O=C(O)[C@H](Cc1ccccc1)N(O)OCC1c2ccccc2-c2ccccc21. The fourth-order valence-corrected chi connectivity index (χ4v) is 3.78. The lowest BCUT2D eigenvalue weighted by Crippen LogP contribution is -2.41. The highest BCUT2D eigenvalue weighted by molar-refractivity contribution is 5.78. The van der Waals surface area contributed by atoms with E-state index in [2.05, 4.69) is 12.1 Å². The van der Waals surface area contributed by atoms with Gasteiger partial charge in [0.05, 0.1) is 6.61 Å². The van der Waals surface area contributed by atoms with E-state index in [1.807, 2.05) is 66.7 Å². The maximum atomic E-state index is 11.7. The zero-order valence-electron chi connectivity index (χ0n) is 15.2. The molecule has 1 aliphatic rings. The van der Waals surface area contributed by atoms with Crippen molar-refractivity contribution in [2.45, 2.75) is 18.4 Å². The molecule has 0 heterocycles. The van der Waals surface area contributed by atoms with Crippen molar-refractivity contribution in [3.8, 4) is 11.1 Å². The van der Waals surface area contributed by atoms with Crippen LogP contribution in [-0.4, -0.2) is 34.2 Å². The molecule has 0 bridgehead atoms. The molecular weight excluding hydrogens is 354 g/mol. The van der Waals surface area contributed by atoms with Crippen LogP contribution < -0.4 is 0 Å². The molecule has 0 amide bonds. The van der Waals surface area contributed by atoms with Gasteiger partial charge >= 0.3 is 5.97 Å². The smallest absolute Gasteiger partial charge is 0.326 e. The first-order chi connectivity index (χ1) is 13.6. The Bertz CT molecular complexity index is 928. The largest absolute Gasteiger partial charge is 0.480 e. The van der Waals surface area contributed by atoms with Crippen molar-refractivity contribution in [1.82, 2.24) is 5.23 Å². The Kier molecular flexibility index (Phi) is 5.21. The molecular formula is C23H21NO4. The van der Waals surface area contributed by atoms with Crippen molar-refractivity contribution in [1.29, 1.82) is 0 Å². The minimum atomic E-state index is -1.19. The number of hydrogen-bond donors (Lipinski definition) is 2. The number of carboxylic acids is 1. The molecule has 0 spiro atoms. The van der Waals surface area contributed by atoms with Crippen molar-refractivity contribution >= 4 is 5.97 Å². The zero-order chi connectivity index (χ0) is 19.5. The van der Waals surface area contributed by atoms with E-state index in [0.29, 0.717) is 5.23 Å². The number of fused-ring (bicyclic) bond motifs is 3. The first-order valence-corrected chi connectivity index (χ1v) is 9.21. The van der Waals surface area contributed by atoms with E-state index in [4.69, 9.17) is 4.84 Å². The predicted octanol–water partition coefficient (Wildman–Crippen LogP) is 4.12. The third-order valence-corrected chi connectivity index (χ3v) is 5.16. The van der Waals surface area contributed by atoms with Gasteiger partial charge in [-0.15, -0.1) is 0 Å². The number of carboxylic acid groups (broad SMARTS) is 1. The molecule has 2 N–H and O–H groups in total. The highest BCUT2D eigenvalue weighted by Gasteiger charge is 2.31. The summed E-state index contributed by atoms with van der Waals surface area (Å²) in [5.41, 5.74) is 5.35. The number of nitrogens with zero attached hydrogens (tertiary/aromatic N) is 1. The molecule has 0 aromatic heterocycles. The fraction of sp³-hybridized carbons (Fsp3) is 0.174. The second-order valence-electron chi connectivity index (χ2n) is 6.87. The van der Waals surface area contributed by atoms with Crippen LogP contribution in [0.25, 0.3) is 11.1 Å². The van der Waals surface area contributed by atoms with E-state index in [1.165, 1.54) is 0 Å². The van der Waals surface area contributed by atoms with Crippen LogP contribution in [0.1, 0.15) is 22.6 Å². The van der Waals surface area contributed by atoms with Gasteiger partial charge in [-0.25, -0.2) is 0 Å². The summed E-state index contributed by atoms with van der Waals surface area (Å²) in [6, 6.07) is 24.2. The molecule has 0 radical (unpaired) electrons. The lowest BCUT2D eigenvalue weighted by molar-refractivity contribution is -0.358. The predicted molar refractivity (Wildman–Crippen MR) is 105 cm³/mol. The summed E-state index contributed by atoms with van der Waals surface area (Å²) in [7, 11) is 0. The van der Waals surface area contributed by atoms with Gasteiger partial charge in [-0.2, -0.15) is 0 Å². The van der Waals surface area contributed by atoms with Crippen molar-refractivity contribution in [2.75, 3.05) is 6.61 Å². The Morgan fingerprint density at radius 2 is 1.43 bits per heavy atom. The van der Waals surface area contributed by atoms with Crippen LogP contribution >= 0.6 is 0 Å². The first kappa shape index (κ1) is 18.4. The number of carbonyl (C=O) groups is 1. The molecule has 1 atom stereocenters. The standard InChI is InChI=1S/C23H21NO4/c25-23(26)22(14-16-8-2-1-3-9-16)24(27)28-15-21-19-12-6-4-10-17(19)18-11-5-7-13-20(18)21/h1-13,21-22,27H,14-15H2,(H,25,26)/t22-/m0/s1. The number of hydrogen-bond acceptors (Lipinski definition) is 4. The summed E-state index contributed by atoms with van der Waals surface area (Å²) in [4.78, 5) is 17.2. The van der Waals surface area contributed by atoms with Gasteiger partial charge in [0.2, 0.25) is 0 Å². The first-order valence-electron chi connectivity index (χ1n) is 9.21. The summed E-state index contributed by atoms with van der Waals surface area (Å²) in [5.74, 6) is -1.20. The minimum Gasteiger partial charge on any atom is -0.480 e. The summed E-state index contributed by atoms with van der Waals surface area (Å²) < 4.78 is 0. The van der Waals surface area contributed by atoms with E-state index in [1.54, 1.807) is 0 Å². The summed E-state index contributed by atoms with van der Waals surface area (Å²) in [5, 5.41) is 20.3. The van der Waals surface area contributed by atoms with Crippen molar-refractivity contribution in [3.63, 3.8) is 0 Å². The van der Waals surface area contributed by atoms with Gasteiger partial charge < -0.3 is 5.11 Å². The normalized spacial score (nSPS) is 13.9. The van der Waals surface area contributed by atoms with Crippen molar-refractivity contribution < 1.29 is 19.9 Å². The molecule has 28 heavy (non-hydrogen) atoms. The molecule has 1 aliphatic carbocycles. The van der Waals surface area contributed by atoms with Gasteiger partial charge in [0.25, 0.3) is 0 Å². The van der Waals surface area contributed by atoms with Gasteiger partial charge in [0.15, 0.2) is 6.04 Å². The van der Waals surface area contributed by atoms with E-state index >= 15 is 0 Å². The van der Waals surface area contributed by atoms with Gasteiger partial charge in [0, 0.05) is 12.3 Å². The quantitative estimate of drug-likeness (QED) is 0.608. The summed E-state index contributed by atoms with van der Waals surface area (Å²) >= 11 is 0. The van der Waals surface area contributed by atoms with Crippen LogP contribution in [0.2, 0.25) is 0 Å². The fourth-order valence-electron chi connectivity index (χ4n) is 3.78. The van der Waals surface area contributed by atoms with Crippen LogP contribution in [-0.2, 0) is 16.1 Å². The molecule has 0 unspecified atom stereocenters. The molecule has 3 aromatic carbocycles. The summed E-state index contributed by atoms with van der Waals surface area (Å²) in [6.07, 6.45) is 0.143. The van der Waals surface area contributed by atoms with Crippen LogP contribution in [0.3, 0.4) is 0 Å². The molecule has 0 aliphatic heterocycles. The molecule has 0 saturated carbocycles. The summed E-state index contributed by atoms with van der Waals surface area (Å²) in [6.45, 7) is 0.156. The highest BCUT2D eigenvalue weighted by atomic mass is 16.9. The van der Waals surface area contributed by atoms with Crippen LogP contribution in [0.15, 0.2) is 78.9 Å². The Balaban J connectivity index is 1.51. The van der Waals surface area contributed by atoms with E-state index < -0.39 is 12.0 Å². The van der Waals surface area contributed by atoms with Gasteiger partial charge in [0.1, 0.15) is 0 Å². The second kappa shape index (κ2) is 7.94. The van der Waals surface area contributed by atoms with Crippen molar-refractivity contribution in [3.05, 3.63) is 95.6 Å². The maximum Gasteiger partial charge on any atom is 0.326 e. The third-order valence-electron chi connectivity index (χ3n) is 5.16. The lowest BCUT2D eigenvalue weighted by Gasteiger charge is -2.24. The maximum absolute atomic E-state index is 11.7. The third kappa shape index (κ3) is 3.55. The Labute approximate surface area is 163 Å². The average molecular weight is 375 g/mol. The Morgan fingerprint density at radius 1 is 0.893 bits per heavy atom. The number of rotatable bonds is 7. The van der Waals surface area contributed by atoms with Gasteiger partial charge in [-0.1, -0.05) is 84.1 Å². The number of aliphatic carboxylic acids is 1. The average Bonchev–Trinajstić information content (AvgIpc) is 3.05. The molecule has 0 fully saturated rings. The number of benzene rings is 3.